The Labute approximate surface area is 65.4 Å². The van der Waals surface area contributed by atoms with E-state index in [1.165, 1.54) is 6.26 Å². The SMILES string of the molecule is C=COCCNNC(N)=S. The van der Waals surface area contributed by atoms with E-state index in [-0.39, 0.29) is 5.11 Å². The van der Waals surface area contributed by atoms with E-state index >= 15 is 0 Å². The van der Waals surface area contributed by atoms with Crippen molar-refractivity contribution >= 4 is 17.3 Å². The van der Waals surface area contributed by atoms with E-state index in [0.717, 1.165) is 0 Å². The second-order valence-corrected chi connectivity index (χ2v) is 1.89. The lowest BCUT2D eigenvalue weighted by Gasteiger charge is -2.04. The van der Waals surface area contributed by atoms with Crippen molar-refractivity contribution < 1.29 is 4.74 Å². The normalized spacial score (nSPS) is 8.40. The monoisotopic (exact) mass is 161 g/mol. The summed E-state index contributed by atoms with van der Waals surface area (Å²) in [6.45, 7) is 4.54. The Morgan fingerprint density at radius 1 is 1.80 bits per heavy atom. The van der Waals surface area contributed by atoms with Crippen LogP contribution in [0.2, 0.25) is 0 Å². The van der Waals surface area contributed by atoms with Crippen LogP contribution < -0.4 is 16.6 Å². The van der Waals surface area contributed by atoms with Crippen LogP contribution in [0.5, 0.6) is 0 Å². The van der Waals surface area contributed by atoms with Gasteiger partial charge in [0.15, 0.2) is 5.11 Å². The van der Waals surface area contributed by atoms with Crippen LogP contribution in [0.1, 0.15) is 0 Å². The molecule has 0 aliphatic carbocycles. The molecule has 0 aliphatic heterocycles. The first-order valence-electron chi connectivity index (χ1n) is 2.78. The fourth-order valence-corrected chi connectivity index (χ4v) is 0.415. The Bertz CT molecular complexity index is 117. The minimum atomic E-state index is 0.221. The van der Waals surface area contributed by atoms with Gasteiger partial charge in [0.2, 0.25) is 0 Å². The molecule has 5 heteroatoms. The largest absolute Gasteiger partial charge is 0.500 e. The molecule has 0 unspecified atom stereocenters. The number of hydrazine groups is 1. The molecule has 4 nitrogen and oxygen atoms in total. The minimum absolute atomic E-state index is 0.221. The molecule has 0 aromatic carbocycles. The van der Waals surface area contributed by atoms with E-state index in [2.05, 4.69) is 29.6 Å². The predicted molar refractivity (Wildman–Crippen MR) is 44.1 cm³/mol. The summed E-state index contributed by atoms with van der Waals surface area (Å²) in [5.41, 5.74) is 10.4. The molecule has 58 valence electrons. The van der Waals surface area contributed by atoms with Gasteiger partial charge in [0.05, 0.1) is 6.26 Å². The van der Waals surface area contributed by atoms with E-state index in [9.17, 15) is 0 Å². The molecule has 0 heterocycles. The zero-order chi connectivity index (χ0) is 7.82. The maximum atomic E-state index is 5.10. The summed E-state index contributed by atoms with van der Waals surface area (Å²) in [4.78, 5) is 0. The second kappa shape index (κ2) is 6.31. The maximum Gasteiger partial charge on any atom is 0.178 e. The Hall–Kier alpha value is -0.810. The first-order valence-corrected chi connectivity index (χ1v) is 3.19. The van der Waals surface area contributed by atoms with Gasteiger partial charge in [-0.3, -0.25) is 5.43 Å². The topological polar surface area (TPSA) is 59.3 Å². The molecule has 0 atom stereocenters. The first-order chi connectivity index (χ1) is 4.77. The lowest BCUT2D eigenvalue weighted by molar-refractivity contribution is 0.248. The molecule has 0 saturated carbocycles. The van der Waals surface area contributed by atoms with Crippen molar-refractivity contribution in [3.05, 3.63) is 12.8 Å². The van der Waals surface area contributed by atoms with Gasteiger partial charge in [0.25, 0.3) is 0 Å². The summed E-state index contributed by atoms with van der Waals surface area (Å²) in [6, 6.07) is 0. The Morgan fingerprint density at radius 3 is 3.00 bits per heavy atom. The molecule has 0 aromatic rings. The smallest absolute Gasteiger partial charge is 0.178 e. The van der Waals surface area contributed by atoms with Gasteiger partial charge < -0.3 is 10.5 Å². The van der Waals surface area contributed by atoms with Crippen molar-refractivity contribution in [2.24, 2.45) is 5.73 Å². The molecular weight excluding hydrogens is 150 g/mol. The van der Waals surface area contributed by atoms with Crippen molar-refractivity contribution in [3.8, 4) is 0 Å². The number of thiocarbonyl (C=S) groups is 1. The van der Waals surface area contributed by atoms with Crippen LogP contribution in [0.25, 0.3) is 0 Å². The molecule has 10 heavy (non-hydrogen) atoms. The lowest BCUT2D eigenvalue weighted by atomic mass is 10.7. The Balaban J connectivity index is 2.90. The van der Waals surface area contributed by atoms with E-state index < -0.39 is 0 Å². The average molecular weight is 161 g/mol. The third-order valence-electron chi connectivity index (χ3n) is 0.674. The highest BCUT2D eigenvalue weighted by molar-refractivity contribution is 7.80. The van der Waals surface area contributed by atoms with Crippen LogP contribution in [0, 0.1) is 0 Å². The summed E-state index contributed by atoms with van der Waals surface area (Å²) < 4.78 is 4.79. The van der Waals surface area contributed by atoms with Gasteiger partial charge in [-0.15, -0.1) is 0 Å². The minimum Gasteiger partial charge on any atom is -0.500 e. The number of hydrogen-bond acceptors (Lipinski definition) is 3. The number of hydrogen-bond donors (Lipinski definition) is 3. The predicted octanol–water partition coefficient (Wildman–Crippen LogP) is -0.516. The second-order valence-electron chi connectivity index (χ2n) is 1.45. The lowest BCUT2D eigenvalue weighted by Crippen LogP contribution is -2.42. The number of nitrogens with two attached hydrogens (primary N) is 1. The summed E-state index contributed by atoms with van der Waals surface area (Å²) in [5, 5.41) is 0.221. The highest BCUT2D eigenvalue weighted by atomic mass is 32.1. The van der Waals surface area contributed by atoms with Crippen molar-refractivity contribution in [1.29, 1.82) is 0 Å². The van der Waals surface area contributed by atoms with Crippen molar-refractivity contribution in [2.45, 2.75) is 0 Å². The molecule has 0 bridgehead atoms. The van der Waals surface area contributed by atoms with Gasteiger partial charge in [0, 0.05) is 6.54 Å². The number of ether oxygens (including phenoxy) is 1. The van der Waals surface area contributed by atoms with Gasteiger partial charge in [-0.2, -0.15) is 0 Å². The molecule has 0 spiro atoms. The van der Waals surface area contributed by atoms with Crippen LogP contribution in [0.15, 0.2) is 12.8 Å². The summed E-state index contributed by atoms with van der Waals surface area (Å²) in [5.74, 6) is 0. The first kappa shape index (κ1) is 9.19. The van der Waals surface area contributed by atoms with E-state index in [0.29, 0.717) is 13.2 Å². The number of nitrogens with one attached hydrogen (secondary N) is 2. The summed E-state index contributed by atoms with van der Waals surface area (Å²) in [7, 11) is 0. The van der Waals surface area contributed by atoms with Crippen LogP contribution in [-0.2, 0) is 4.74 Å². The van der Waals surface area contributed by atoms with Gasteiger partial charge >= 0.3 is 0 Å². The number of rotatable bonds is 5. The highest BCUT2D eigenvalue weighted by Crippen LogP contribution is 1.68. The van der Waals surface area contributed by atoms with E-state index in [1.54, 1.807) is 0 Å². The summed E-state index contributed by atoms with van der Waals surface area (Å²) >= 11 is 4.52. The van der Waals surface area contributed by atoms with Crippen LogP contribution in [0.3, 0.4) is 0 Å². The summed E-state index contributed by atoms with van der Waals surface area (Å²) in [6.07, 6.45) is 1.38. The third-order valence-corrected chi connectivity index (χ3v) is 0.776. The Morgan fingerprint density at radius 2 is 2.50 bits per heavy atom. The van der Waals surface area contributed by atoms with Gasteiger partial charge in [-0.1, -0.05) is 6.58 Å². The molecule has 0 aromatic heterocycles. The molecule has 0 fully saturated rings. The van der Waals surface area contributed by atoms with Crippen LogP contribution in [-0.4, -0.2) is 18.3 Å². The van der Waals surface area contributed by atoms with Crippen LogP contribution >= 0.6 is 12.2 Å². The van der Waals surface area contributed by atoms with Gasteiger partial charge in [-0.05, 0) is 12.2 Å². The molecule has 0 saturated heterocycles. The molecule has 0 amide bonds. The van der Waals surface area contributed by atoms with Gasteiger partial charge in [0.1, 0.15) is 6.61 Å². The Kier molecular flexibility index (Phi) is 5.80. The van der Waals surface area contributed by atoms with Gasteiger partial charge in [-0.25, -0.2) is 5.43 Å². The zero-order valence-corrected chi connectivity index (χ0v) is 6.41. The standard InChI is InChI=1S/C5H11N3OS/c1-2-9-4-3-7-8-5(6)10/h2,7H,1,3-4H2,(H3,6,8,10). The zero-order valence-electron chi connectivity index (χ0n) is 5.59. The van der Waals surface area contributed by atoms with E-state index in [1.807, 2.05) is 0 Å². The molecular formula is C5H11N3OS. The molecule has 4 N–H and O–H groups in total. The van der Waals surface area contributed by atoms with Crippen molar-refractivity contribution in [2.75, 3.05) is 13.2 Å². The molecule has 0 rings (SSSR count). The highest BCUT2D eigenvalue weighted by Gasteiger charge is 1.84. The fraction of sp³-hybridized carbons (Fsp3) is 0.400. The maximum absolute atomic E-state index is 5.10. The molecule has 0 aliphatic rings. The third kappa shape index (κ3) is 7.19. The van der Waals surface area contributed by atoms with Crippen molar-refractivity contribution in [1.82, 2.24) is 10.9 Å². The quantitative estimate of drug-likeness (QED) is 0.219. The van der Waals surface area contributed by atoms with E-state index in [4.69, 9.17) is 10.5 Å². The van der Waals surface area contributed by atoms with Crippen molar-refractivity contribution in [3.63, 3.8) is 0 Å². The average Bonchev–Trinajstić information content (AvgIpc) is 1.87. The molecule has 0 radical (unpaired) electrons. The fourth-order valence-electron chi connectivity index (χ4n) is 0.343. The van der Waals surface area contributed by atoms with Crippen LogP contribution in [0.4, 0.5) is 0 Å².